The van der Waals surface area contributed by atoms with Crippen molar-refractivity contribution in [1.82, 2.24) is 9.88 Å². The molecule has 1 aromatic heterocycles. The van der Waals surface area contributed by atoms with Gasteiger partial charge in [0.2, 0.25) is 0 Å². The maximum absolute atomic E-state index is 9.04. The zero-order valence-electron chi connectivity index (χ0n) is 11.2. The second-order valence-electron chi connectivity index (χ2n) is 4.56. The van der Waals surface area contributed by atoms with Gasteiger partial charge in [0.1, 0.15) is 0 Å². The average molecular weight is 271 g/mol. The third-order valence-corrected chi connectivity index (χ3v) is 4.16. The molecule has 0 aliphatic carbocycles. The van der Waals surface area contributed by atoms with Crippen molar-refractivity contribution in [1.29, 1.82) is 5.26 Å². The summed E-state index contributed by atoms with van der Waals surface area (Å²) in [4.78, 5) is 7.76. The number of aromatic nitrogens is 1. The SMILES string of the molecule is Cc1ncsc1CN(C)C(CC#N)c1ccccc1. The van der Waals surface area contributed by atoms with Crippen LogP contribution in [0.4, 0.5) is 0 Å². The molecule has 0 saturated heterocycles. The van der Waals surface area contributed by atoms with Crippen molar-refractivity contribution in [2.75, 3.05) is 7.05 Å². The van der Waals surface area contributed by atoms with Crippen LogP contribution >= 0.6 is 11.3 Å². The van der Waals surface area contributed by atoms with E-state index in [0.717, 1.165) is 12.2 Å². The van der Waals surface area contributed by atoms with Gasteiger partial charge >= 0.3 is 0 Å². The number of benzene rings is 1. The van der Waals surface area contributed by atoms with Gasteiger partial charge in [0.15, 0.2) is 0 Å². The van der Waals surface area contributed by atoms with Crippen LogP contribution in [-0.2, 0) is 6.54 Å². The van der Waals surface area contributed by atoms with Crippen LogP contribution in [0, 0.1) is 18.3 Å². The quantitative estimate of drug-likeness (QED) is 0.835. The summed E-state index contributed by atoms with van der Waals surface area (Å²) in [7, 11) is 2.06. The fourth-order valence-corrected chi connectivity index (χ4v) is 2.94. The van der Waals surface area contributed by atoms with Gasteiger partial charge in [-0.15, -0.1) is 11.3 Å². The first-order valence-corrected chi connectivity index (χ1v) is 7.11. The van der Waals surface area contributed by atoms with Gasteiger partial charge in [0.05, 0.1) is 23.7 Å². The van der Waals surface area contributed by atoms with Gasteiger partial charge in [-0.1, -0.05) is 30.3 Å². The minimum atomic E-state index is 0.132. The van der Waals surface area contributed by atoms with Crippen molar-refractivity contribution >= 4 is 11.3 Å². The molecule has 1 heterocycles. The number of hydrogen-bond donors (Lipinski definition) is 0. The molecular weight excluding hydrogens is 254 g/mol. The predicted molar refractivity (Wildman–Crippen MR) is 77.7 cm³/mol. The van der Waals surface area contributed by atoms with E-state index in [-0.39, 0.29) is 6.04 Å². The van der Waals surface area contributed by atoms with E-state index in [1.807, 2.05) is 30.6 Å². The molecule has 0 aliphatic rings. The molecule has 0 aliphatic heterocycles. The lowest BCUT2D eigenvalue weighted by atomic mass is 10.0. The summed E-state index contributed by atoms with van der Waals surface area (Å²) in [6.45, 7) is 2.86. The van der Waals surface area contributed by atoms with Crippen LogP contribution in [0.15, 0.2) is 35.8 Å². The molecule has 1 atom stereocenters. The zero-order valence-corrected chi connectivity index (χ0v) is 12.0. The molecule has 0 amide bonds. The smallest absolute Gasteiger partial charge is 0.0798 e. The first-order valence-electron chi connectivity index (χ1n) is 6.23. The number of aryl methyl sites for hydroxylation is 1. The van der Waals surface area contributed by atoms with Crippen molar-refractivity contribution < 1.29 is 0 Å². The molecule has 0 fully saturated rings. The molecule has 98 valence electrons. The second-order valence-corrected chi connectivity index (χ2v) is 5.50. The molecule has 3 nitrogen and oxygen atoms in total. The van der Waals surface area contributed by atoms with Crippen molar-refractivity contribution in [2.24, 2.45) is 0 Å². The summed E-state index contributed by atoms with van der Waals surface area (Å²) >= 11 is 1.67. The van der Waals surface area contributed by atoms with E-state index in [9.17, 15) is 0 Å². The zero-order chi connectivity index (χ0) is 13.7. The fourth-order valence-electron chi connectivity index (χ4n) is 2.10. The van der Waals surface area contributed by atoms with Gasteiger partial charge in [-0.2, -0.15) is 5.26 Å². The maximum Gasteiger partial charge on any atom is 0.0798 e. The molecule has 0 saturated carbocycles. The van der Waals surface area contributed by atoms with Crippen LogP contribution in [0.2, 0.25) is 0 Å². The van der Waals surface area contributed by atoms with Crippen LogP contribution in [0.25, 0.3) is 0 Å². The molecule has 2 aromatic rings. The molecule has 1 unspecified atom stereocenters. The Labute approximate surface area is 118 Å². The highest BCUT2D eigenvalue weighted by Crippen LogP contribution is 2.25. The highest BCUT2D eigenvalue weighted by Gasteiger charge is 2.18. The van der Waals surface area contributed by atoms with Crippen molar-refractivity contribution in [2.45, 2.75) is 25.9 Å². The first kappa shape index (κ1) is 13.7. The molecule has 0 radical (unpaired) electrons. The van der Waals surface area contributed by atoms with Gasteiger partial charge in [-0.3, -0.25) is 4.90 Å². The van der Waals surface area contributed by atoms with E-state index in [0.29, 0.717) is 6.42 Å². The van der Waals surface area contributed by atoms with E-state index in [2.05, 4.69) is 35.1 Å². The Bertz CT molecular complexity index is 556. The van der Waals surface area contributed by atoms with Gasteiger partial charge in [0, 0.05) is 17.5 Å². The number of thiazole rings is 1. The number of hydrogen-bond acceptors (Lipinski definition) is 4. The van der Waals surface area contributed by atoms with Crippen molar-refractivity contribution in [3.8, 4) is 6.07 Å². The van der Waals surface area contributed by atoms with E-state index >= 15 is 0 Å². The fraction of sp³-hybridized carbons (Fsp3) is 0.333. The molecule has 0 bridgehead atoms. The van der Waals surface area contributed by atoms with E-state index in [4.69, 9.17) is 5.26 Å². The van der Waals surface area contributed by atoms with Crippen LogP contribution < -0.4 is 0 Å². The van der Waals surface area contributed by atoms with Gasteiger partial charge in [-0.05, 0) is 19.5 Å². The normalized spacial score (nSPS) is 12.3. The maximum atomic E-state index is 9.04. The highest BCUT2D eigenvalue weighted by atomic mass is 32.1. The summed E-state index contributed by atoms with van der Waals surface area (Å²) in [6, 6.07) is 12.6. The molecule has 1 aromatic carbocycles. The largest absolute Gasteiger partial charge is 0.293 e. The summed E-state index contributed by atoms with van der Waals surface area (Å²) < 4.78 is 0. The lowest BCUT2D eigenvalue weighted by molar-refractivity contribution is 0.241. The molecule has 0 spiro atoms. The predicted octanol–water partition coefficient (Wildman–Crippen LogP) is 3.54. The third-order valence-electron chi connectivity index (χ3n) is 3.24. The summed E-state index contributed by atoms with van der Waals surface area (Å²) in [5.74, 6) is 0. The van der Waals surface area contributed by atoms with E-state index < -0.39 is 0 Å². The standard InChI is InChI=1S/C15H17N3S/c1-12-15(19-11-17-12)10-18(2)14(8-9-16)13-6-4-3-5-7-13/h3-7,11,14H,8,10H2,1-2H3. The number of nitriles is 1. The molecule has 0 N–H and O–H groups in total. The Morgan fingerprint density at radius 1 is 1.37 bits per heavy atom. The van der Waals surface area contributed by atoms with E-state index in [1.165, 1.54) is 10.4 Å². The monoisotopic (exact) mass is 271 g/mol. The molecule has 4 heteroatoms. The Kier molecular flexibility index (Phi) is 4.67. The molecule has 2 rings (SSSR count). The lowest BCUT2D eigenvalue weighted by Crippen LogP contribution is -2.24. The molecule has 19 heavy (non-hydrogen) atoms. The highest BCUT2D eigenvalue weighted by molar-refractivity contribution is 7.09. The van der Waals surface area contributed by atoms with E-state index in [1.54, 1.807) is 11.3 Å². The van der Waals surface area contributed by atoms with Gasteiger partial charge < -0.3 is 0 Å². The van der Waals surface area contributed by atoms with Gasteiger partial charge in [-0.25, -0.2) is 4.98 Å². The topological polar surface area (TPSA) is 39.9 Å². The Morgan fingerprint density at radius 3 is 2.68 bits per heavy atom. The van der Waals surface area contributed by atoms with Crippen LogP contribution in [0.1, 0.15) is 28.6 Å². The number of nitrogens with zero attached hydrogens (tertiary/aromatic N) is 3. The summed E-state index contributed by atoms with van der Waals surface area (Å²) in [5.41, 5.74) is 4.15. The summed E-state index contributed by atoms with van der Waals surface area (Å²) in [5, 5.41) is 9.04. The first-order chi connectivity index (χ1) is 9.22. The van der Waals surface area contributed by atoms with Crippen LogP contribution in [-0.4, -0.2) is 16.9 Å². The average Bonchev–Trinajstić information content (AvgIpc) is 2.82. The Morgan fingerprint density at radius 2 is 2.11 bits per heavy atom. The number of rotatable bonds is 5. The Balaban J connectivity index is 2.16. The minimum absolute atomic E-state index is 0.132. The van der Waals surface area contributed by atoms with Crippen LogP contribution in [0.5, 0.6) is 0 Å². The lowest BCUT2D eigenvalue weighted by Gasteiger charge is -2.26. The van der Waals surface area contributed by atoms with Crippen molar-refractivity contribution in [3.63, 3.8) is 0 Å². The van der Waals surface area contributed by atoms with Crippen molar-refractivity contribution in [3.05, 3.63) is 52.0 Å². The summed E-state index contributed by atoms with van der Waals surface area (Å²) in [6.07, 6.45) is 0.498. The molecular formula is C15H17N3S. The van der Waals surface area contributed by atoms with Gasteiger partial charge in [0.25, 0.3) is 0 Å². The third kappa shape index (κ3) is 3.40. The minimum Gasteiger partial charge on any atom is -0.293 e. The Hall–Kier alpha value is -1.70. The van der Waals surface area contributed by atoms with Crippen LogP contribution in [0.3, 0.4) is 0 Å². The second kappa shape index (κ2) is 6.46.